The Hall–Kier alpha value is -4.52. The van der Waals surface area contributed by atoms with Crippen LogP contribution in [0.5, 0.6) is 0 Å². The minimum Gasteiger partial charge on any atom is -0.318 e. The van der Waals surface area contributed by atoms with Gasteiger partial charge in [-0.15, -0.1) is 0 Å². The third-order valence-electron chi connectivity index (χ3n) is 4.42. The van der Waals surface area contributed by atoms with Crippen molar-refractivity contribution in [2.24, 2.45) is 5.10 Å². The van der Waals surface area contributed by atoms with E-state index in [2.05, 4.69) is 20.9 Å². The van der Waals surface area contributed by atoms with Gasteiger partial charge in [-0.05, 0) is 24.3 Å². The van der Waals surface area contributed by atoms with Crippen molar-refractivity contribution >= 4 is 23.7 Å². The molecule has 152 valence electrons. The molecule has 0 unspecified atom stereocenters. The van der Waals surface area contributed by atoms with Gasteiger partial charge < -0.3 is 5.32 Å². The number of carbonyl (C=O) groups excluding carboxylic acids is 2. The van der Waals surface area contributed by atoms with E-state index in [0.29, 0.717) is 16.9 Å². The van der Waals surface area contributed by atoms with E-state index < -0.39 is 11.8 Å². The first-order valence-corrected chi connectivity index (χ1v) is 9.60. The molecule has 4 aromatic rings. The fraction of sp³-hybridized carbons (Fsp3) is 0. The first kappa shape index (κ1) is 19.8. The lowest BCUT2D eigenvalue weighted by molar-refractivity contribution is -0.136. The van der Waals surface area contributed by atoms with Crippen LogP contribution in [0.3, 0.4) is 0 Å². The van der Waals surface area contributed by atoms with Gasteiger partial charge in [0.15, 0.2) is 0 Å². The summed E-state index contributed by atoms with van der Waals surface area (Å²) in [5.41, 5.74) is 5.99. The van der Waals surface area contributed by atoms with Gasteiger partial charge in [-0.2, -0.15) is 10.2 Å². The van der Waals surface area contributed by atoms with Crippen molar-refractivity contribution in [3.8, 4) is 16.9 Å². The first-order valence-electron chi connectivity index (χ1n) is 9.60. The summed E-state index contributed by atoms with van der Waals surface area (Å²) in [4.78, 5) is 24.1. The molecule has 2 N–H and O–H groups in total. The maximum absolute atomic E-state index is 12.1. The Labute approximate surface area is 179 Å². The zero-order chi connectivity index (χ0) is 21.5. The SMILES string of the molecule is O=C(N/N=C\c1cn(-c2ccccc2)nc1-c1ccccc1)C(=O)Nc1ccccc1. The van der Waals surface area contributed by atoms with Crippen LogP contribution in [0.25, 0.3) is 16.9 Å². The normalized spacial score (nSPS) is 10.7. The molecule has 0 saturated carbocycles. The highest BCUT2D eigenvalue weighted by molar-refractivity contribution is 6.39. The van der Waals surface area contributed by atoms with Crippen molar-refractivity contribution in [2.75, 3.05) is 5.32 Å². The fourth-order valence-corrected chi connectivity index (χ4v) is 2.94. The van der Waals surface area contributed by atoms with E-state index in [-0.39, 0.29) is 0 Å². The number of para-hydroxylation sites is 2. The molecule has 7 nitrogen and oxygen atoms in total. The lowest BCUT2D eigenvalue weighted by Gasteiger charge is -2.03. The van der Waals surface area contributed by atoms with Gasteiger partial charge in [-0.1, -0.05) is 66.7 Å². The van der Waals surface area contributed by atoms with Crippen LogP contribution in [0.1, 0.15) is 5.56 Å². The maximum Gasteiger partial charge on any atom is 0.329 e. The second-order valence-electron chi connectivity index (χ2n) is 6.60. The van der Waals surface area contributed by atoms with Gasteiger partial charge in [0.1, 0.15) is 5.69 Å². The second kappa shape index (κ2) is 9.32. The van der Waals surface area contributed by atoms with Crippen LogP contribution in [0.2, 0.25) is 0 Å². The number of hydrogen-bond donors (Lipinski definition) is 2. The first-order chi connectivity index (χ1) is 15.2. The molecule has 0 saturated heterocycles. The van der Waals surface area contributed by atoms with Crippen LogP contribution < -0.4 is 10.7 Å². The predicted molar refractivity (Wildman–Crippen MR) is 120 cm³/mol. The highest BCUT2D eigenvalue weighted by Crippen LogP contribution is 2.22. The smallest absolute Gasteiger partial charge is 0.318 e. The van der Waals surface area contributed by atoms with Crippen LogP contribution in [0.15, 0.2) is 102 Å². The topological polar surface area (TPSA) is 88.4 Å². The van der Waals surface area contributed by atoms with Crippen molar-refractivity contribution in [2.45, 2.75) is 0 Å². The molecule has 4 rings (SSSR count). The predicted octanol–water partition coefficient (Wildman–Crippen LogP) is 3.63. The number of rotatable bonds is 5. The standard InChI is InChI=1S/C24H19N5O2/c30-23(26-20-12-6-2-7-13-20)24(31)27-25-16-19-17-29(21-14-8-3-9-15-21)28-22(19)18-10-4-1-5-11-18/h1-17H,(H,26,30)(H,27,31)/b25-16-. The van der Waals surface area contributed by atoms with Crippen molar-refractivity contribution < 1.29 is 9.59 Å². The molecular weight excluding hydrogens is 390 g/mol. The van der Waals surface area contributed by atoms with E-state index in [0.717, 1.165) is 11.3 Å². The molecule has 0 aliphatic heterocycles. The Balaban J connectivity index is 1.53. The Bertz CT molecular complexity index is 1200. The van der Waals surface area contributed by atoms with Crippen LogP contribution in [0.4, 0.5) is 5.69 Å². The molecule has 0 aliphatic carbocycles. The Kier molecular flexibility index (Phi) is 5.95. The Morgan fingerprint density at radius 3 is 2.10 bits per heavy atom. The van der Waals surface area contributed by atoms with Crippen LogP contribution in [-0.4, -0.2) is 27.8 Å². The van der Waals surface area contributed by atoms with Gasteiger partial charge in [0.25, 0.3) is 0 Å². The molecule has 0 atom stereocenters. The summed E-state index contributed by atoms with van der Waals surface area (Å²) in [6.07, 6.45) is 3.29. The Morgan fingerprint density at radius 1 is 0.806 bits per heavy atom. The molecule has 7 heteroatoms. The van der Waals surface area contributed by atoms with Gasteiger partial charge in [0.05, 0.1) is 11.9 Å². The monoisotopic (exact) mass is 409 g/mol. The third-order valence-corrected chi connectivity index (χ3v) is 4.42. The average molecular weight is 409 g/mol. The van der Waals surface area contributed by atoms with Crippen molar-refractivity contribution in [3.05, 3.63) is 103 Å². The maximum atomic E-state index is 12.1. The largest absolute Gasteiger partial charge is 0.329 e. The zero-order valence-electron chi connectivity index (χ0n) is 16.5. The molecule has 0 fully saturated rings. The molecule has 0 radical (unpaired) electrons. The summed E-state index contributed by atoms with van der Waals surface area (Å²) >= 11 is 0. The molecule has 31 heavy (non-hydrogen) atoms. The minimum atomic E-state index is -0.864. The molecule has 3 aromatic carbocycles. The fourth-order valence-electron chi connectivity index (χ4n) is 2.94. The number of nitrogens with zero attached hydrogens (tertiary/aromatic N) is 3. The molecule has 1 aromatic heterocycles. The molecule has 2 amide bonds. The van der Waals surface area contributed by atoms with Crippen molar-refractivity contribution in [3.63, 3.8) is 0 Å². The lowest BCUT2D eigenvalue weighted by Crippen LogP contribution is -2.32. The summed E-state index contributed by atoms with van der Waals surface area (Å²) in [6, 6.07) is 28.1. The summed E-state index contributed by atoms with van der Waals surface area (Å²) in [7, 11) is 0. The van der Waals surface area contributed by atoms with Gasteiger partial charge >= 0.3 is 11.8 Å². The highest BCUT2D eigenvalue weighted by atomic mass is 16.2. The van der Waals surface area contributed by atoms with Crippen LogP contribution in [-0.2, 0) is 9.59 Å². The summed E-state index contributed by atoms with van der Waals surface area (Å²) < 4.78 is 1.74. The minimum absolute atomic E-state index is 0.530. The van der Waals surface area contributed by atoms with Gasteiger partial charge in [0.2, 0.25) is 0 Å². The number of hydrazone groups is 1. The molecule has 0 aliphatic rings. The second-order valence-corrected chi connectivity index (χ2v) is 6.60. The van der Waals surface area contributed by atoms with Gasteiger partial charge in [-0.3, -0.25) is 9.59 Å². The number of anilines is 1. The number of benzene rings is 3. The number of hydrogen-bond acceptors (Lipinski definition) is 4. The van der Waals surface area contributed by atoms with E-state index in [1.165, 1.54) is 6.21 Å². The van der Waals surface area contributed by atoms with Gasteiger partial charge in [0, 0.05) is 23.0 Å². The number of aromatic nitrogens is 2. The molecule has 0 bridgehead atoms. The van der Waals surface area contributed by atoms with Gasteiger partial charge in [-0.25, -0.2) is 10.1 Å². The Morgan fingerprint density at radius 2 is 1.42 bits per heavy atom. The van der Waals surface area contributed by atoms with E-state index in [1.54, 1.807) is 28.9 Å². The van der Waals surface area contributed by atoms with Crippen LogP contribution >= 0.6 is 0 Å². The number of carbonyl (C=O) groups is 2. The highest BCUT2D eigenvalue weighted by Gasteiger charge is 2.14. The summed E-state index contributed by atoms with van der Waals surface area (Å²) in [6.45, 7) is 0. The molecule has 1 heterocycles. The van der Waals surface area contributed by atoms with E-state index in [4.69, 9.17) is 0 Å². The summed E-state index contributed by atoms with van der Waals surface area (Å²) in [5, 5.41) is 11.1. The molecule has 0 spiro atoms. The third kappa shape index (κ3) is 4.91. The van der Waals surface area contributed by atoms with E-state index in [9.17, 15) is 9.59 Å². The van der Waals surface area contributed by atoms with Crippen molar-refractivity contribution in [1.82, 2.24) is 15.2 Å². The number of amides is 2. The quantitative estimate of drug-likeness (QED) is 0.300. The van der Waals surface area contributed by atoms with E-state index >= 15 is 0 Å². The van der Waals surface area contributed by atoms with Crippen LogP contribution in [0, 0.1) is 0 Å². The van der Waals surface area contributed by atoms with Crippen molar-refractivity contribution in [1.29, 1.82) is 0 Å². The van der Waals surface area contributed by atoms with E-state index in [1.807, 2.05) is 72.9 Å². The summed E-state index contributed by atoms with van der Waals surface area (Å²) in [5.74, 6) is -1.66. The zero-order valence-corrected chi connectivity index (χ0v) is 16.5. The molecular formula is C24H19N5O2. The lowest BCUT2D eigenvalue weighted by atomic mass is 10.1. The average Bonchev–Trinajstić information content (AvgIpc) is 3.25. The number of nitrogens with one attached hydrogen (secondary N) is 2.